The molecule has 18 heavy (non-hydrogen) atoms. The smallest absolute Gasteiger partial charge is 0.237 e. The van der Waals surface area contributed by atoms with Gasteiger partial charge in [0, 0.05) is 13.1 Å². The number of amides is 1. The summed E-state index contributed by atoms with van der Waals surface area (Å²) >= 11 is 0. The van der Waals surface area contributed by atoms with Gasteiger partial charge in [-0.3, -0.25) is 4.79 Å². The van der Waals surface area contributed by atoms with Gasteiger partial charge in [-0.05, 0) is 18.3 Å². The molecule has 1 fully saturated rings. The molecule has 0 aromatic rings. The molecule has 0 unspecified atom stereocenters. The normalized spacial score (nSPS) is 18.4. The first-order valence-electron chi connectivity index (χ1n) is 6.16. The molecule has 1 saturated carbocycles. The van der Waals surface area contributed by atoms with Gasteiger partial charge in [0.2, 0.25) is 15.9 Å². The second-order valence-corrected chi connectivity index (χ2v) is 7.82. The fraction of sp³-hybridized carbons (Fsp3) is 0.909. The number of carbonyl (C=O) groups excluding carboxylic acids is 1. The van der Waals surface area contributed by atoms with Crippen LogP contribution in [-0.4, -0.2) is 38.7 Å². The minimum absolute atomic E-state index is 0.210. The highest BCUT2D eigenvalue weighted by Gasteiger charge is 2.35. The van der Waals surface area contributed by atoms with Gasteiger partial charge in [0.05, 0.1) is 11.3 Å². The molecule has 0 heterocycles. The SMILES string of the molecule is CC(C)(C)[C@H](N)C(=O)NCCNS(=O)(=O)C1CC1. The van der Waals surface area contributed by atoms with Crippen LogP contribution in [0, 0.1) is 5.41 Å². The van der Waals surface area contributed by atoms with Crippen LogP contribution in [-0.2, 0) is 14.8 Å². The quantitative estimate of drug-likeness (QED) is 0.573. The summed E-state index contributed by atoms with van der Waals surface area (Å²) in [4.78, 5) is 11.6. The summed E-state index contributed by atoms with van der Waals surface area (Å²) in [5.74, 6) is -0.256. The molecule has 0 radical (unpaired) electrons. The van der Waals surface area contributed by atoms with Crippen LogP contribution in [0.3, 0.4) is 0 Å². The van der Waals surface area contributed by atoms with Gasteiger partial charge in [-0.25, -0.2) is 13.1 Å². The molecular weight excluding hydrogens is 254 g/mol. The highest BCUT2D eigenvalue weighted by molar-refractivity contribution is 7.90. The molecule has 1 aliphatic rings. The van der Waals surface area contributed by atoms with Crippen molar-refractivity contribution >= 4 is 15.9 Å². The van der Waals surface area contributed by atoms with E-state index in [-0.39, 0.29) is 29.7 Å². The molecule has 4 N–H and O–H groups in total. The molecule has 1 rings (SSSR count). The maximum Gasteiger partial charge on any atom is 0.237 e. The summed E-state index contributed by atoms with van der Waals surface area (Å²) in [6.45, 7) is 6.11. The summed E-state index contributed by atoms with van der Waals surface area (Å²) in [5.41, 5.74) is 5.46. The summed E-state index contributed by atoms with van der Waals surface area (Å²) in [5, 5.41) is 2.40. The molecule has 7 heteroatoms. The van der Waals surface area contributed by atoms with Crippen LogP contribution < -0.4 is 15.8 Å². The number of nitrogens with two attached hydrogens (primary N) is 1. The Morgan fingerprint density at radius 1 is 1.33 bits per heavy atom. The van der Waals surface area contributed by atoms with Crippen molar-refractivity contribution < 1.29 is 13.2 Å². The van der Waals surface area contributed by atoms with Crippen molar-refractivity contribution in [2.75, 3.05) is 13.1 Å². The Kier molecular flexibility index (Phi) is 4.74. The average molecular weight is 277 g/mol. The van der Waals surface area contributed by atoms with Crippen LogP contribution in [0.5, 0.6) is 0 Å². The lowest BCUT2D eigenvalue weighted by atomic mass is 9.87. The number of rotatable bonds is 6. The van der Waals surface area contributed by atoms with Gasteiger partial charge in [0.25, 0.3) is 0 Å². The zero-order valence-electron chi connectivity index (χ0n) is 11.2. The van der Waals surface area contributed by atoms with Crippen LogP contribution in [0.4, 0.5) is 0 Å². The molecule has 0 spiro atoms. The van der Waals surface area contributed by atoms with Gasteiger partial charge in [-0.2, -0.15) is 0 Å². The van der Waals surface area contributed by atoms with Crippen molar-refractivity contribution in [2.24, 2.45) is 11.1 Å². The van der Waals surface area contributed by atoms with E-state index >= 15 is 0 Å². The standard InChI is InChI=1S/C11H23N3O3S/c1-11(2,3)9(12)10(15)13-6-7-14-18(16,17)8-4-5-8/h8-9,14H,4-7,12H2,1-3H3,(H,13,15)/t9-/m1/s1. The second-order valence-electron chi connectivity index (χ2n) is 5.77. The van der Waals surface area contributed by atoms with Gasteiger partial charge in [0.1, 0.15) is 0 Å². The molecule has 1 aliphatic carbocycles. The molecule has 0 saturated heterocycles. The van der Waals surface area contributed by atoms with Crippen molar-refractivity contribution in [2.45, 2.75) is 44.9 Å². The predicted molar refractivity (Wildman–Crippen MR) is 70.4 cm³/mol. The topological polar surface area (TPSA) is 101 Å². The van der Waals surface area contributed by atoms with E-state index < -0.39 is 16.1 Å². The lowest BCUT2D eigenvalue weighted by molar-refractivity contribution is -0.124. The van der Waals surface area contributed by atoms with E-state index in [1.807, 2.05) is 20.8 Å². The molecular formula is C11H23N3O3S. The highest BCUT2D eigenvalue weighted by Crippen LogP contribution is 2.27. The fourth-order valence-electron chi connectivity index (χ4n) is 1.38. The minimum Gasteiger partial charge on any atom is -0.353 e. The van der Waals surface area contributed by atoms with E-state index in [2.05, 4.69) is 10.0 Å². The molecule has 0 aliphatic heterocycles. The molecule has 106 valence electrons. The first-order valence-corrected chi connectivity index (χ1v) is 7.71. The Hall–Kier alpha value is -0.660. The van der Waals surface area contributed by atoms with Crippen LogP contribution in [0.15, 0.2) is 0 Å². The number of carbonyl (C=O) groups is 1. The zero-order valence-corrected chi connectivity index (χ0v) is 12.0. The van der Waals surface area contributed by atoms with E-state index in [9.17, 15) is 13.2 Å². The molecule has 1 amide bonds. The summed E-state index contributed by atoms with van der Waals surface area (Å²) in [7, 11) is -3.17. The maximum absolute atomic E-state index is 11.6. The summed E-state index contributed by atoms with van der Waals surface area (Å²) in [6.07, 6.45) is 1.47. The van der Waals surface area contributed by atoms with Gasteiger partial charge in [-0.15, -0.1) is 0 Å². The van der Waals surface area contributed by atoms with Crippen LogP contribution in [0.2, 0.25) is 0 Å². The Morgan fingerprint density at radius 3 is 2.33 bits per heavy atom. The summed E-state index contributed by atoms with van der Waals surface area (Å²) < 4.78 is 25.4. The van der Waals surface area contributed by atoms with Crippen LogP contribution >= 0.6 is 0 Å². The van der Waals surface area contributed by atoms with E-state index in [1.165, 1.54) is 0 Å². The first-order chi connectivity index (χ1) is 8.14. The average Bonchev–Trinajstić information content (AvgIpc) is 3.05. The van der Waals surface area contributed by atoms with E-state index in [0.717, 1.165) is 12.8 Å². The van der Waals surface area contributed by atoms with Crippen molar-refractivity contribution in [3.63, 3.8) is 0 Å². The van der Waals surface area contributed by atoms with Gasteiger partial charge >= 0.3 is 0 Å². The van der Waals surface area contributed by atoms with Crippen LogP contribution in [0.25, 0.3) is 0 Å². The van der Waals surface area contributed by atoms with E-state index in [1.54, 1.807) is 0 Å². The third kappa shape index (κ3) is 4.55. The van der Waals surface area contributed by atoms with Crippen LogP contribution in [0.1, 0.15) is 33.6 Å². The van der Waals surface area contributed by atoms with Gasteiger partial charge < -0.3 is 11.1 Å². The van der Waals surface area contributed by atoms with Crippen molar-refractivity contribution in [1.82, 2.24) is 10.0 Å². The number of hydrogen-bond donors (Lipinski definition) is 3. The van der Waals surface area contributed by atoms with E-state index in [4.69, 9.17) is 5.73 Å². The lowest BCUT2D eigenvalue weighted by Crippen LogP contribution is -2.50. The Balaban J connectivity index is 2.24. The van der Waals surface area contributed by atoms with E-state index in [0.29, 0.717) is 0 Å². The number of sulfonamides is 1. The maximum atomic E-state index is 11.6. The van der Waals surface area contributed by atoms with Gasteiger partial charge in [-0.1, -0.05) is 20.8 Å². The molecule has 1 atom stereocenters. The molecule has 0 aromatic heterocycles. The van der Waals surface area contributed by atoms with Crippen molar-refractivity contribution in [3.8, 4) is 0 Å². The molecule has 0 bridgehead atoms. The number of nitrogens with one attached hydrogen (secondary N) is 2. The third-order valence-electron chi connectivity index (χ3n) is 2.91. The zero-order chi connectivity index (χ0) is 14.0. The Labute approximate surface area is 109 Å². The Morgan fingerprint density at radius 2 is 1.89 bits per heavy atom. The molecule has 6 nitrogen and oxygen atoms in total. The lowest BCUT2D eigenvalue weighted by Gasteiger charge is -2.25. The monoisotopic (exact) mass is 277 g/mol. The summed E-state index contributed by atoms with van der Waals surface area (Å²) in [6, 6.07) is -0.600. The highest BCUT2D eigenvalue weighted by atomic mass is 32.2. The third-order valence-corrected chi connectivity index (χ3v) is 4.86. The Bertz CT molecular complexity index is 396. The number of hydrogen-bond acceptors (Lipinski definition) is 4. The van der Waals surface area contributed by atoms with Gasteiger partial charge in [0.15, 0.2) is 0 Å². The largest absolute Gasteiger partial charge is 0.353 e. The fourth-order valence-corrected chi connectivity index (χ4v) is 2.76. The van der Waals surface area contributed by atoms with Crippen molar-refractivity contribution in [3.05, 3.63) is 0 Å². The molecule has 0 aromatic carbocycles. The van der Waals surface area contributed by atoms with Crippen molar-refractivity contribution in [1.29, 1.82) is 0 Å². The first kappa shape index (κ1) is 15.4. The second kappa shape index (κ2) is 5.54. The minimum atomic E-state index is -3.17. The predicted octanol–water partition coefficient (Wildman–Crippen LogP) is -0.442.